The number of fused-ring (bicyclic) bond motifs is 1. The van der Waals surface area contributed by atoms with E-state index in [-0.39, 0.29) is 5.69 Å². The second kappa shape index (κ2) is 5.70. The highest BCUT2D eigenvalue weighted by molar-refractivity contribution is 5.94. The Hall–Kier alpha value is -2.41. The summed E-state index contributed by atoms with van der Waals surface area (Å²) in [5.41, 5.74) is -0.920. The van der Waals surface area contributed by atoms with Gasteiger partial charge in [-0.2, -0.15) is 0 Å². The van der Waals surface area contributed by atoms with Crippen LogP contribution in [0.15, 0.2) is 33.5 Å². The molecule has 7 heteroatoms. The third-order valence-electron chi connectivity index (χ3n) is 2.90. The molecule has 2 N–H and O–H groups in total. The monoisotopic (exact) mass is 278 g/mol. The minimum absolute atomic E-state index is 0.225. The first-order valence-electron chi connectivity index (χ1n) is 6.24. The standard InChI is InChI=1S/C13H15N3O4/c1-15(2)8-7-14-11-9-5-3-4-6-10(9)20-13(17)12(11)16(18)19/h3-6,14H,7-8H2,1-2H3/p+1. The number of likely N-dealkylation sites (N-methyl/N-ethyl adjacent to an activating group) is 1. The van der Waals surface area contributed by atoms with Crippen LogP contribution in [-0.2, 0) is 0 Å². The summed E-state index contributed by atoms with van der Waals surface area (Å²) in [7, 11) is 3.96. The second-order valence-corrected chi connectivity index (χ2v) is 4.75. The van der Waals surface area contributed by atoms with Gasteiger partial charge in [0.25, 0.3) is 0 Å². The molecule has 0 aliphatic carbocycles. The Morgan fingerprint density at radius 3 is 2.70 bits per heavy atom. The molecule has 7 nitrogen and oxygen atoms in total. The number of hydrogen-bond donors (Lipinski definition) is 2. The molecule has 2 aromatic rings. The van der Waals surface area contributed by atoms with Crippen LogP contribution in [0.1, 0.15) is 0 Å². The van der Waals surface area contributed by atoms with E-state index >= 15 is 0 Å². The molecule has 0 atom stereocenters. The van der Waals surface area contributed by atoms with E-state index < -0.39 is 16.2 Å². The Balaban J connectivity index is 2.54. The Labute approximate surface area is 115 Å². The van der Waals surface area contributed by atoms with Gasteiger partial charge in [-0.25, -0.2) is 4.79 Å². The average molecular weight is 278 g/mol. The van der Waals surface area contributed by atoms with Crippen molar-refractivity contribution in [3.63, 3.8) is 0 Å². The third-order valence-corrected chi connectivity index (χ3v) is 2.90. The second-order valence-electron chi connectivity index (χ2n) is 4.75. The van der Waals surface area contributed by atoms with Crippen LogP contribution in [-0.4, -0.2) is 32.1 Å². The van der Waals surface area contributed by atoms with Crippen LogP contribution in [0.3, 0.4) is 0 Å². The van der Waals surface area contributed by atoms with Crippen LogP contribution in [0.25, 0.3) is 11.0 Å². The molecule has 0 aliphatic heterocycles. The molecule has 106 valence electrons. The van der Waals surface area contributed by atoms with Gasteiger partial charge in [0, 0.05) is 5.39 Å². The molecule has 1 aromatic heterocycles. The molecule has 0 aliphatic rings. The summed E-state index contributed by atoms with van der Waals surface area (Å²) in [4.78, 5) is 23.3. The van der Waals surface area contributed by atoms with Crippen molar-refractivity contribution >= 4 is 22.3 Å². The first kappa shape index (κ1) is 14.0. The number of nitrogens with one attached hydrogen (secondary N) is 2. The lowest BCUT2D eigenvalue weighted by atomic mass is 10.2. The van der Waals surface area contributed by atoms with E-state index in [2.05, 4.69) is 5.32 Å². The van der Waals surface area contributed by atoms with Crippen LogP contribution in [0.2, 0.25) is 0 Å². The molecule has 20 heavy (non-hydrogen) atoms. The summed E-state index contributed by atoms with van der Waals surface area (Å²) < 4.78 is 4.98. The van der Waals surface area contributed by atoms with Gasteiger partial charge in [0.05, 0.1) is 32.1 Å². The molecule has 0 amide bonds. The van der Waals surface area contributed by atoms with Crippen LogP contribution in [0, 0.1) is 10.1 Å². The Morgan fingerprint density at radius 1 is 1.35 bits per heavy atom. The Bertz CT molecular complexity index is 694. The van der Waals surface area contributed by atoms with Crippen molar-refractivity contribution in [2.24, 2.45) is 0 Å². The van der Waals surface area contributed by atoms with Crippen molar-refractivity contribution in [3.8, 4) is 0 Å². The van der Waals surface area contributed by atoms with Gasteiger partial charge in [-0.3, -0.25) is 10.1 Å². The number of hydrogen-bond acceptors (Lipinski definition) is 5. The average Bonchev–Trinajstić information content (AvgIpc) is 2.37. The first-order valence-corrected chi connectivity index (χ1v) is 6.24. The Kier molecular flexibility index (Phi) is 3.99. The molecule has 0 fully saturated rings. The van der Waals surface area contributed by atoms with E-state index in [1.165, 1.54) is 4.90 Å². The summed E-state index contributed by atoms with van der Waals surface area (Å²) in [5.74, 6) is 0. The van der Waals surface area contributed by atoms with Gasteiger partial charge in [-0.15, -0.1) is 0 Å². The normalized spacial score (nSPS) is 10.9. The number of para-hydroxylation sites is 1. The van der Waals surface area contributed by atoms with Crippen molar-refractivity contribution in [2.75, 3.05) is 32.5 Å². The van der Waals surface area contributed by atoms with Crippen molar-refractivity contribution in [3.05, 3.63) is 44.8 Å². The van der Waals surface area contributed by atoms with E-state index in [4.69, 9.17) is 4.42 Å². The van der Waals surface area contributed by atoms with E-state index in [1.807, 2.05) is 14.1 Å². The maximum Gasteiger partial charge on any atom is 0.417 e. The number of nitrogens with zero attached hydrogens (tertiary/aromatic N) is 1. The van der Waals surface area contributed by atoms with Crippen molar-refractivity contribution < 1.29 is 14.2 Å². The number of nitro groups is 1. The molecule has 0 spiro atoms. The molecule has 0 unspecified atom stereocenters. The van der Waals surface area contributed by atoms with Crippen molar-refractivity contribution in [2.45, 2.75) is 0 Å². The topological polar surface area (TPSA) is 89.8 Å². The predicted octanol–water partition coefficient (Wildman–Crippen LogP) is 0.258. The van der Waals surface area contributed by atoms with Gasteiger partial charge >= 0.3 is 11.3 Å². The fourth-order valence-electron chi connectivity index (χ4n) is 1.92. The van der Waals surface area contributed by atoms with E-state index in [0.717, 1.165) is 6.54 Å². The van der Waals surface area contributed by atoms with Crippen molar-refractivity contribution in [1.82, 2.24) is 0 Å². The van der Waals surface area contributed by atoms with E-state index in [1.54, 1.807) is 24.3 Å². The Morgan fingerprint density at radius 2 is 2.05 bits per heavy atom. The summed E-state index contributed by atoms with van der Waals surface area (Å²) >= 11 is 0. The molecule has 0 radical (unpaired) electrons. The summed E-state index contributed by atoms with van der Waals surface area (Å²) in [6.45, 7) is 1.29. The molecule has 0 saturated carbocycles. The zero-order valence-corrected chi connectivity index (χ0v) is 11.3. The molecular formula is C13H16N3O4+. The zero-order chi connectivity index (χ0) is 14.7. The summed E-state index contributed by atoms with van der Waals surface area (Å²) in [6.07, 6.45) is 0. The molecule has 1 aromatic carbocycles. The quantitative estimate of drug-likeness (QED) is 0.465. The maximum atomic E-state index is 11.7. The largest absolute Gasteiger partial charge is 0.418 e. The highest BCUT2D eigenvalue weighted by atomic mass is 16.6. The lowest BCUT2D eigenvalue weighted by Gasteiger charge is -2.11. The van der Waals surface area contributed by atoms with E-state index in [9.17, 15) is 14.9 Å². The molecule has 1 heterocycles. The van der Waals surface area contributed by atoms with Crippen LogP contribution < -0.4 is 15.8 Å². The SMILES string of the molecule is C[NH+](C)CCNc1c([N+](=O)[O-])c(=O)oc2ccccc12. The van der Waals surface area contributed by atoms with Gasteiger partial charge in [0.1, 0.15) is 11.3 Å². The van der Waals surface area contributed by atoms with Gasteiger partial charge in [0.2, 0.25) is 0 Å². The summed E-state index contributed by atoms with van der Waals surface area (Å²) in [5, 5.41) is 14.6. The minimum atomic E-state index is -0.937. The van der Waals surface area contributed by atoms with Gasteiger partial charge < -0.3 is 14.6 Å². The van der Waals surface area contributed by atoms with Crippen molar-refractivity contribution in [1.29, 1.82) is 0 Å². The zero-order valence-electron chi connectivity index (χ0n) is 11.3. The molecule has 2 rings (SSSR count). The number of rotatable bonds is 5. The van der Waals surface area contributed by atoms with Gasteiger partial charge in [-0.05, 0) is 12.1 Å². The number of anilines is 1. The number of benzene rings is 1. The third kappa shape index (κ3) is 2.77. The van der Waals surface area contributed by atoms with E-state index in [0.29, 0.717) is 17.5 Å². The van der Waals surface area contributed by atoms with Crippen LogP contribution in [0.5, 0.6) is 0 Å². The number of quaternary nitrogens is 1. The fraction of sp³-hybridized carbons (Fsp3) is 0.308. The van der Waals surface area contributed by atoms with Crippen LogP contribution in [0.4, 0.5) is 11.4 Å². The van der Waals surface area contributed by atoms with Gasteiger partial charge in [-0.1, -0.05) is 12.1 Å². The van der Waals surface area contributed by atoms with Gasteiger partial charge in [0.15, 0.2) is 0 Å². The minimum Gasteiger partial charge on any atom is -0.418 e. The maximum absolute atomic E-state index is 11.7. The highest BCUT2D eigenvalue weighted by Crippen LogP contribution is 2.29. The van der Waals surface area contributed by atoms with Crippen LogP contribution >= 0.6 is 0 Å². The lowest BCUT2D eigenvalue weighted by Crippen LogP contribution is -3.06. The molecule has 0 saturated heterocycles. The molecular weight excluding hydrogens is 262 g/mol. The smallest absolute Gasteiger partial charge is 0.417 e. The molecule has 0 bridgehead atoms. The first-order chi connectivity index (χ1) is 9.50. The fourth-order valence-corrected chi connectivity index (χ4v) is 1.92. The summed E-state index contributed by atoms with van der Waals surface area (Å²) in [6, 6.07) is 6.76. The predicted molar refractivity (Wildman–Crippen MR) is 75.3 cm³/mol. The highest BCUT2D eigenvalue weighted by Gasteiger charge is 2.24. The lowest BCUT2D eigenvalue weighted by molar-refractivity contribution is -0.856.